The van der Waals surface area contributed by atoms with Gasteiger partial charge in [-0.2, -0.15) is 0 Å². The van der Waals surface area contributed by atoms with Gasteiger partial charge in [-0.25, -0.2) is 4.79 Å². The molecule has 3 aliphatic rings. The predicted octanol–water partition coefficient (Wildman–Crippen LogP) is 3.15. The van der Waals surface area contributed by atoms with E-state index in [2.05, 4.69) is 12.1 Å². The van der Waals surface area contributed by atoms with Crippen LogP contribution in [0.25, 0.3) is 0 Å². The van der Waals surface area contributed by atoms with Gasteiger partial charge in [0.25, 0.3) is 0 Å². The monoisotopic (exact) mass is 301 g/mol. The van der Waals surface area contributed by atoms with Gasteiger partial charge in [-0.1, -0.05) is 30.3 Å². The molecule has 4 heteroatoms. The minimum absolute atomic E-state index is 0.0208. The van der Waals surface area contributed by atoms with E-state index in [9.17, 15) is 9.59 Å². The van der Waals surface area contributed by atoms with Crippen LogP contribution in [0.15, 0.2) is 30.3 Å². The van der Waals surface area contributed by atoms with Crippen LogP contribution in [0.3, 0.4) is 0 Å². The van der Waals surface area contributed by atoms with Crippen molar-refractivity contribution >= 4 is 11.9 Å². The number of carbonyl (C=O) groups excluding carboxylic acids is 2. The molecule has 4 nitrogen and oxygen atoms in total. The molecule has 1 saturated carbocycles. The second-order valence-electron chi connectivity index (χ2n) is 7.49. The van der Waals surface area contributed by atoms with Gasteiger partial charge in [-0.3, -0.25) is 4.79 Å². The largest absolute Gasteiger partial charge is 0.444 e. The van der Waals surface area contributed by atoms with E-state index in [1.807, 2.05) is 39.0 Å². The Labute approximate surface area is 131 Å². The van der Waals surface area contributed by atoms with E-state index in [0.29, 0.717) is 6.54 Å². The van der Waals surface area contributed by atoms with Crippen LogP contribution >= 0.6 is 0 Å². The first-order valence-corrected chi connectivity index (χ1v) is 7.80. The average Bonchev–Trinajstić information content (AvgIpc) is 2.92. The maximum atomic E-state index is 12.4. The Balaban J connectivity index is 1.89. The van der Waals surface area contributed by atoms with Crippen molar-refractivity contribution in [3.63, 3.8) is 0 Å². The molecule has 1 aromatic carbocycles. The number of hydrogen-bond donors (Lipinski definition) is 0. The van der Waals surface area contributed by atoms with Gasteiger partial charge in [0, 0.05) is 23.9 Å². The second-order valence-corrected chi connectivity index (χ2v) is 7.49. The van der Waals surface area contributed by atoms with Crippen LogP contribution in [0.4, 0.5) is 4.79 Å². The zero-order valence-electron chi connectivity index (χ0n) is 13.6. The first-order valence-electron chi connectivity index (χ1n) is 7.80. The van der Waals surface area contributed by atoms with Crippen LogP contribution in [0, 0.1) is 5.92 Å². The summed E-state index contributed by atoms with van der Waals surface area (Å²) < 4.78 is 5.50. The van der Waals surface area contributed by atoms with E-state index in [1.165, 1.54) is 0 Å². The molecule has 3 fully saturated rings. The van der Waals surface area contributed by atoms with E-state index in [0.717, 1.165) is 12.0 Å². The molecule has 0 N–H and O–H groups in total. The number of nitrogens with zero attached hydrogens (tertiary/aromatic N) is 1. The van der Waals surface area contributed by atoms with E-state index < -0.39 is 5.60 Å². The third-order valence-corrected chi connectivity index (χ3v) is 4.82. The molecule has 1 aromatic rings. The minimum atomic E-state index is -0.518. The van der Waals surface area contributed by atoms with Crippen molar-refractivity contribution in [2.75, 3.05) is 6.54 Å². The highest BCUT2D eigenvalue weighted by molar-refractivity contribution is 5.85. The molecular weight excluding hydrogens is 278 g/mol. The lowest BCUT2D eigenvalue weighted by Crippen LogP contribution is -2.53. The van der Waals surface area contributed by atoms with Gasteiger partial charge in [0.15, 0.2) is 0 Å². The number of carbonyl (C=O) groups is 2. The summed E-state index contributed by atoms with van der Waals surface area (Å²) in [7, 11) is 0. The fourth-order valence-electron chi connectivity index (χ4n) is 4.04. The number of rotatable bonds is 2. The Bertz CT molecular complexity index is 605. The molecule has 3 unspecified atom stereocenters. The molecule has 2 saturated heterocycles. The standard InChI is InChI=1S/C18H23NO3/c1-12(20)15-14-10-18(15,13-8-6-5-7-9-13)11-19(14)16(21)22-17(2,3)4/h5-9,14-15H,10-11H2,1-4H3. The Morgan fingerprint density at radius 2 is 1.86 bits per heavy atom. The Morgan fingerprint density at radius 1 is 1.23 bits per heavy atom. The molecule has 118 valence electrons. The molecule has 3 atom stereocenters. The summed E-state index contributed by atoms with van der Waals surface area (Å²) in [5.74, 6) is 0.0496. The Morgan fingerprint density at radius 3 is 2.41 bits per heavy atom. The van der Waals surface area contributed by atoms with Crippen LogP contribution in [0.2, 0.25) is 0 Å². The molecule has 1 amide bonds. The maximum Gasteiger partial charge on any atom is 0.410 e. The van der Waals surface area contributed by atoms with Gasteiger partial charge >= 0.3 is 6.09 Å². The van der Waals surface area contributed by atoms with E-state index in [4.69, 9.17) is 4.74 Å². The summed E-state index contributed by atoms with van der Waals surface area (Å²) in [6.07, 6.45) is 0.541. The normalized spacial score (nSPS) is 29.9. The third-order valence-electron chi connectivity index (χ3n) is 4.82. The smallest absolute Gasteiger partial charge is 0.410 e. The number of Topliss-reactive ketones (excluding diaryl/α,β-unsaturated/α-hetero) is 1. The molecule has 4 rings (SSSR count). The first-order chi connectivity index (χ1) is 10.2. The molecule has 2 heterocycles. The first kappa shape index (κ1) is 15.1. The lowest BCUT2D eigenvalue weighted by molar-refractivity contribution is -0.126. The molecule has 2 aliphatic heterocycles. The summed E-state index contributed by atoms with van der Waals surface area (Å²) >= 11 is 0. The van der Waals surface area contributed by atoms with Crippen LogP contribution in [0.5, 0.6) is 0 Å². The fraction of sp³-hybridized carbons (Fsp3) is 0.556. The average molecular weight is 301 g/mol. The molecular formula is C18H23NO3. The van der Waals surface area contributed by atoms with E-state index in [1.54, 1.807) is 11.8 Å². The number of hydrogen-bond acceptors (Lipinski definition) is 3. The van der Waals surface area contributed by atoms with Crippen LogP contribution in [-0.2, 0) is 14.9 Å². The predicted molar refractivity (Wildman–Crippen MR) is 83.6 cm³/mol. The van der Waals surface area contributed by atoms with Gasteiger partial charge < -0.3 is 9.64 Å². The molecule has 0 spiro atoms. The fourth-order valence-corrected chi connectivity index (χ4v) is 4.04. The van der Waals surface area contributed by atoms with E-state index in [-0.39, 0.29) is 29.3 Å². The minimum Gasteiger partial charge on any atom is -0.444 e. The van der Waals surface area contributed by atoms with Gasteiger partial charge in [-0.05, 0) is 39.7 Å². The van der Waals surface area contributed by atoms with E-state index >= 15 is 0 Å². The van der Waals surface area contributed by atoms with Crippen molar-refractivity contribution in [2.45, 2.75) is 51.2 Å². The highest BCUT2D eigenvalue weighted by Crippen LogP contribution is 2.58. The van der Waals surface area contributed by atoms with Gasteiger partial charge in [0.05, 0.1) is 0 Å². The highest BCUT2D eigenvalue weighted by Gasteiger charge is 2.67. The van der Waals surface area contributed by atoms with Crippen molar-refractivity contribution in [3.8, 4) is 0 Å². The summed E-state index contributed by atoms with van der Waals surface area (Å²) in [6, 6.07) is 10.1. The summed E-state index contributed by atoms with van der Waals surface area (Å²) in [5.41, 5.74) is 0.405. The van der Waals surface area contributed by atoms with Crippen LogP contribution < -0.4 is 0 Å². The number of amides is 1. The quantitative estimate of drug-likeness (QED) is 0.843. The van der Waals surface area contributed by atoms with Gasteiger partial charge in [0.2, 0.25) is 0 Å². The summed E-state index contributed by atoms with van der Waals surface area (Å²) in [6.45, 7) is 7.79. The second kappa shape index (κ2) is 4.83. The SMILES string of the molecule is CC(=O)C1C2CC1(c1ccccc1)CN2C(=O)OC(C)(C)C. The van der Waals surface area contributed by atoms with Gasteiger partial charge in [-0.15, -0.1) is 0 Å². The molecule has 0 aromatic heterocycles. The van der Waals surface area contributed by atoms with Crippen molar-refractivity contribution in [2.24, 2.45) is 5.92 Å². The lowest BCUT2D eigenvalue weighted by Gasteiger charge is -2.45. The molecule has 1 aliphatic carbocycles. The Kier molecular flexibility index (Phi) is 3.31. The summed E-state index contributed by atoms with van der Waals surface area (Å²) in [4.78, 5) is 26.3. The molecule has 0 radical (unpaired) electrons. The third kappa shape index (κ3) is 2.21. The van der Waals surface area contributed by atoms with Crippen LogP contribution in [0.1, 0.15) is 39.7 Å². The van der Waals surface area contributed by atoms with Crippen molar-refractivity contribution < 1.29 is 14.3 Å². The molecule has 22 heavy (non-hydrogen) atoms. The van der Waals surface area contributed by atoms with Crippen molar-refractivity contribution in [3.05, 3.63) is 35.9 Å². The maximum absolute atomic E-state index is 12.4. The number of benzene rings is 1. The zero-order valence-corrected chi connectivity index (χ0v) is 13.6. The Hall–Kier alpha value is -1.84. The number of ether oxygens (including phenoxy) is 1. The lowest BCUT2D eigenvalue weighted by atomic mass is 9.56. The molecule has 2 bridgehead atoms. The number of ketones is 1. The number of fused-ring (bicyclic) bond motifs is 1. The zero-order chi connectivity index (χ0) is 16.1. The van der Waals surface area contributed by atoms with Gasteiger partial charge in [0.1, 0.15) is 11.4 Å². The summed E-state index contributed by atoms with van der Waals surface area (Å²) in [5, 5.41) is 0. The highest BCUT2D eigenvalue weighted by atomic mass is 16.6. The topological polar surface area (TPSA) is 46.6 Å². The van der Waals surface area contributed by atoms with Crippen molar-refractivity contribution in [1.29, 1.82) is 0 Å². The van der Waals surface area contributed by atoms with Crippen molar-refractivity contribution in [1.82, 2.24) is 4.90 Å². The van der Waals surface area contributed by atoms with Crippen LogP contribution in [-0.4, -0.2) is 35.0 Å².